The van der Waals surface area contributed by atoms with Crippen LogP contribution in [0.5, 0.6) is 0 Å². The summed E-state index contributed by atoms with van der Waals surface area (Å²) in [5.41, 5.74) is 1.11. The Balaban J connectivity index is 1.71. The lowest BCUT2D eigenvalue weighted by Crippen LogP contribution is -2.47. The van der Waals surface area contributed by atoms with E-state index in [2.05, 4.69) is 15.2 Å². The highest BCUT2D eigenvalue weighted by Crippen LogP contribution is 2.09. The summed E-state index contributed by atoms with van der Waals surface area (Å²) in [6, 6.07) is 9.91. The molecule has 2 N–H and O–H groups in total. The van der Waals surface area contributed by atoms with Gasteiger partial charge in [0.25, 0.3) is 0 Å². The van der Waals surface area contributed by atoms with E-state index in [-0.39, 0.29) is 6.10 Å². The third-order valence-corrected chi connectivity index (χ3v) is 5.07. The highest BCUT2D eigenvalue weighted by atomic mass is 32.2. The molecule has 22 heavy (non-hydrogen) atoms. The molecule has 0 aliphatic carbocycles. The fourth-order valence-corrected chi connectivity index (χ4v) is 3.56. The molecule has 1 unspecified atom stereocenters. The molecule has 0 bridgehead atoms. The third kappa shape index (κ3) is 5.42. The average Bonchev–Trinajstić information content (AvgIpc) is 2.54. The molecule has 2 rings (SSSR count). The maximum atomic E-state index is 12.1. The van der Waals surface area contributed by atoms with Crippen LogP contribution < -0.4 is 5.32 Å². The Morgan fingerprint density at radius 2 is 2.05 bits per heavy atom. The van der Waals surface area contributed by atoms with Crippen molar-refractivity contribution in [2.45, 2.75) is 24.7 Å². The van der Waals surface area contributed by atoms with Crippen molar-refractivity contribution in [3.63, 3.8) is 0 Å². The number of benzene rings is 1. The normalized spacial score (nSPS) is 18.3. The first-order chi connectivity index (χ1) is 10.7. The molecular formula is C16H25N3O2S. The molecule has 1 saturated heterocycles. The number of nitrogens with one attached hydrogen (secondary N) is 1. The zero-order chi connectivity index (χ0) is 15.8. The van der Waals surface area contributed by atoms with Crippen molar-refractivity contribution >= 4 is 16.8 Å². The van der Waals surface area contributed by atoms with Crippen LogP contribution in [-0.2, 0) is 16.6 Å². The van der Waals surface area contributed by atoms with E-state index in [1.54, 1.807) is 7.05 Å². The van der Waals surface area contributed by atoms with E-state index in [1.165, 1.54) is 0 Å². The second kappa shape index (κ2) is 8.90. The molecule has 1 aromatic rings. The molecule has 1 atom stereocenters. The second-order valence-electron chi connectivity index (χ2n) is 5.47. The molecule has 122 valence electrons. The predicted octanol–water partition coefficient (Wildman–Crippen LogP) is 0.967. The fraction of sp³-hybridized carbons (Fsp3) is 0.562. The average molecular weight is 323 g/mol. The number of aliphatic hydroxyl groups is 1. The van der Waals surface area contributed by atoms with Gasteiger partial charge in [-0.05, 0) is 18.4 Å². The van der Waals surface area contributed by atoms with E-state index in [1.807, 2.05) is 30.3 Å². The maximum absolute atomic E-state index is 12.1. The number of hydrogen-bond donors (Lipinski definition) is 2. The van der Waals surface area contributed by atoms with Gasteiger partial charge in [0.1, 0.15) is 0 Å². The highest BCUT2D eigenvalue weighted by Gasteiger charge is 2.19. The SMILES string of the molecule is CN=C(NCCS(=O)Cc1ccccc1)N1CCC(O)CC1. The van der Waals surface area contributed by atoms with Crippen molar-refractivity contribution in [3.05, 3.63) is 35.9 Å². The van der Waals surface area contributed by atoms with Crippen molar-refractivity contribution in [2.75, 3.05) is 32.4 Å². The number of aliphatic hydroxyl groups excluding tert-OH is 1. The number of piperidine rings is 1. The number of nitrogens with zero attached hydrogens (tertiary/aromatic N) is 2. The van der Waals surface area contributed by atoms with Gasteiger partial charge in [-0.25, -0.2) is 0 Å². The van der Waals surface area contributed by atoms with Crippen molar-refractivity contribution < 1.29 is 9.32 Å². The molecule has 1 aromatic carbocycles. The lowest BCUT2D eigenvalue weighted by atomic mass is 10.1. The van der Waals surface area contributed by atoms with Crippen LogP contribution >= 0.6 is 0 Å². The molecule has 5 nitrogen and oxygen atoms in total. The largest absolute Gasteiger partial charge is 0.393 e. The number of likely N-dealkylation sites (tertiary alicyclic amines) is 1. The zero-order valence-corrected chi connectivity index (χ0v) is 13.9. The van der Waals surface area contributed by atoms with Crippen LogP contribution in [0.15, 0.2) is 35.3 Å². The number of hydrogen-bond acceptors (Lipinski definition) is 3. The minimum atomic E-state index is -0.876. The van der Waals surface area contributed by atoms with E-state index in [0.717, 1.165) is 37.5 Å². The summed E-state index contributed by atoms with van der Waals surface area (Å²) in [4.78, 5) is 6.41. The second-order valence-corrected chi connectivity index (χ2v) is 7.04. The Kier molecular flexibility index (Phi) is 6.86. The molecule has 1 aliphatic heterocycles. The van der Waals surface area contributed by atoms with Crippen LogP contribution in [0.4, 0.5) is 0 Å². The van der Waals surface area contributed by atoms with Gasteiger partial charge in [-0.15, -0.1) is 0 Å². The Morgan fingerprint density at radius 3 is 2.68 bits per heavy atom. The van der Waals surface area contributed by atoms with Crippen molar-refractivity contribution in [2.24, 2.45) is 4.99 Å². The summed E-state index contributed by atoms with van der Waals surface area (Å²) >= 11 is 0. The molecule has 0 spiro atoms. The summed E-state index contributed by atoms with van der Waals surface area (Å²) in [5, 5.41) is 12.8. The molecule has 6 heteroatoms. The Labute approximate surface area is 134 Å². The number of rotatable bonds is 5. The molecule has 0 radical (unpaired) electrons. The van der Waals surface area contributed by atoms with Crippen molar-refractivity contribution in [1.29, 1.82) is 0 Å². The van der Waals surface area contributed by atoms with Crippen LogP contribution in [0, 0.1) is 0 Å². The quantitative estimate of drug-likeness (QED) is 0.626. The van der Waals surface area contributed by atoms with Gasteiger partial charge in [0.05, 0.1) is 6.10 Å². The molecule has 0 saturated carbocycles. The minimum absolute atomic E-state index is 0.187. The topological polar surface area (TPSA) is 64.9 Å². The van der Waals surface area contributed by atoms with Gasteiger partial charge in [-0.2, -0.15) is 0 Å². The first kappa shape index (κ1) is 17.0. The zero-order valence-electron chi connectivity index (χ0n) is 13.1. The Bertz CT molecular complexity index is 499. The minimum Gasteiger partial charge on any atom is -0.393 e. The molecule has 1 heterocycles. The smallest absolute Gasteiger partial charge is 0.193 e. The molecule has 1 fully saturated rings. The molecule has 1 aliphatic rings. The van der Waals surface area contributed by atoms with Crippen LogP contribution in [0.25, 0.3) is 0 Å². The van der Waals surface area contributed by atoms with E-state index in [9.17, 15) is 9.32 Å². The van der Waals surface area contributed by atoms with Gasteiger partial charge in [-0.3, -0.25) is 9.20 Å². The maximum Gasteiger partial charge on any atom is 0.193 e. The summed E-state index contributed by atoms with van der Waals surface area (Å²) in [6.45, 7) is 2.27. The van der Waals surface area contributed by atoms with Crippen LogP contribution in [0.2, 0.25) is 0 Å². The summed E-state index contributed by atoms with van der Waals surface area (Å²) < 4.78 is 12.1. The van der Waals surface area contributed by atoms with Crippen molar-refractivity contribution in [3.8, 4) is 0 Å². The third-order valence-electron chi connectivity index (χ3n) is 3.76. The van der Waals surface area contributed by atoms with Gasteiger partial charge < -0.3 is 15.3 Å². The summed E-state index contributed by atoms with van der Waals surface area (Å²) in [5.74, 6) is 2.03. The van der Waals surface area contributed by atoms with Gasteiger partial charge in [-0.1, -0.05) is 30.3 Å². The number of aliphatic imine (C=N–C) groups is 1. The van der Waals surface area contributed by atoms with Crippen molar-refractivity contribution in [1.82, 2.24) is 10.2 Å². The van der Waals surface area contributed by atoms with Crippen LogP contribution in [-0.4, -0.2) is 58.7 Å². The lowest BCUT2D eigenvalue weighted by molar-refractivity contribution is 0.108. The standard InChI is InChI=1S/C16H25N3O2S/c1-17-16(19-10-7-15(20)8-11-19)18-9-12-22(21)13-14-5-3-2-4-6-14/h2-6,15,20H,7-13H2,1H3,(H,17,18). The highest BCUT2D eigenvalue weighted by molar-refractivity contribution is 7.84. The van der Waals surface area contributed by atoms with Gasteiger partial charge >= 0.3 is 0 Å². The van der Waals surface area contributed by atoms with Gasteiger partial charge in [0, 0.05) is 49.0 Å². The monoisotopic (exact) mass is 323 g/mol. The molecule has 0 aromatic heterocycles. The Hall–Kier alpha value is -1.40. The van der Waals surface area contributed by atoms with Crippen LogP contribution in [0.1, 0.15) is 18.4 Å². The lowest BCUT2D eigenvalue weighted by Gasteiger charge is -2.32. The van der Waals surface area contributed by atoms with E-state index < -0.39 is 10.8 Å². The van der Waals surface area contributed by atoms with Crippen LogP contribution in [0.3, 0.4) is 0 Å². The first-order valence-corrected chi connectivity index (χ1v) is 9.20. The summed E-state index contributed by atoms with van der Waals surface area (Å²) in [6.07, 6.45) is 1.37. The van der Waals surface area contributed by atoms with E-state index in [0.29, 0.717) is 18.1 Å². The molecule has 0 amide bonds. The predicted molar refractivity (Wildman–Crippen MR) is 91.3 cm³/mol. The molecular weight excluding hydrogens is 298 g/mol. The fourth-order valence-electron chi connectivity index (χ4n) is 2.52. The van der Waals surface area contributed by atoms with E-state index in [4.69, 9.17) is 0 Å². The number of guanidine groups is 1. The summed E-state index contributed by atoms with van der Waals surface area (Å²) in [7, 11) is 0.882. The first-order valence-electron chi connectivity index (χ1n) is 7.71. The Morgan fingerprint density at radius 1 is 1.36 bits per heavy atom. The van der Waals surface area contributed by atoms with E-state index >= 15 is 0 Å². The van der Waals surface area contributed by atoms with Gasteiger partial charge in [0.15, 0.2) is 5.96 Å². The van der Waals surface area contributed by atoms with Gasteiger partial charge in [0.2, 0.25) is 0 Å².